The van der Waals surface area contributed by atoms with Crippen LogP contribution in [0.15, 0.2) is 140 Å². The van der Waals surface area contributed by atoms with E-state index in [1.807, 2.05) is 0 Å². The molecule has 6 aromatic carbocycles. The molecule has 2 heterocycles. The molecule has 0 saturated carbocycles. The predicted octanol–water partition coefficient (Wildman–Crippen LogP) is 14.8. The predicted molar refractivity (Wildman–Crippen MR) is 205 cm³/mol. The first-order valence-electron chi connectivity index (χ1n) is 17.9. The fraction of sp³-hybridized carbons (Fsp3) is 0.0870. The normalized spacial score (nSPS) is 12.6. The molecular weight excluding hydrogens is 823 g/mol. The maximum atomic E-state index is 14.5. The zero-order chi connectivity index (χ0) is 43.6. The van der Waals surface area contributed by atoms with E-state index < -0.39 is 58.1 Å². The average Bonchev–Trinajstić information content (AvgIpc) is 3.54. The maximum absolute atomic E-state index is 14.5. The van der Waals surface area contributed by atoms with E-state index in [0.717, 1.165) is 0 Å². The summed E-state index contributed by atoms with van der Waals surface area (Å²) in [6.45, 7) is 0. The summed E-state index contributed by atoms with van der Waals surface area (Å²) >= 11 is 0. The number of pyridine rings is 1. The van der Waals surface area contributed by atoms with Crippen LogP contribution in [0.2, 0.25) is 0 Å². The van der Waals surface area contributed by atoms with Gasteiger partial charge in [-0.05, 0) is 94.0 Å². The third-order valence-electron chi connectivity index (χ3n) is 10.3. The molecule has 0 saturated heterocycles. The molecule has 0 N–H and O–H groups in total. The molecule has 0 unspecified atom stereocenters. The van der Waals surface area contributed by atoms with Crippen LogP contribution in [0.25, 0.3) is 72.0 Å². The third-order valence-corrected chi connectivity index (χ3v) is 10.3. The van der Waals surface area contributed by atoms with Gasteiger partial charge in [0, 0.05) is 34.3 Å². The molecule has 306 valence electrons. The highest BCUT2D eigenvalue weighted by Crippen LogP contribution is 2.46. The highest BCUT2D eigenvalue weighted by Gasteiger charge is 2.40. The van der Waals surface area contributed by atoms with Crippen molar-refractivity contribution in [3.63, 3.8) is 0 Å². The number of nitriles is 1. The van der Waals surface area contributed by atoms with E-state index in [0.29, 0.717) is 57.3 Å². The second-order valence-electron chi connectivity index (χ2n) is 13.9. The van der Waals surface area contributed by atoms with Crippen LogP contribution in [-0.4, -0.2) is 9.55 Å². The van der Waals surface area contributed by atoms with Crippen molar-refractivity contribution in [3.8, 4) is 56.3 Å². The van der Waals surface area contributed by atoms with Crippen molar-refractivity contribution in [1.82, 2.24) is 9.55 Å². The zero-order valence-corrected chi connectivity index (χ0v) is 30.7. The average molecular weight is 846 g/mol. The van der Waals surface area contributed by atoms with Crippen molar-refractivity contribution in [1.29, 1.82) is 5.26 Å². The van der Waals surface area contributed by atoms with Crippen molar-refractivity contribution >= 4 is 21.8 Å². The Bertz CT molecular complexity index is 2890. The van der Waals surface area contributed by atoms with Gasteiger partial charge in [-0.25, -0.2) is 0 Å². The largest absolute Gasteiger partial charge is 0.417 e. The van der Waals surface area contributed by atoms with Gasteiger partial charge in [-0.3, -0.25) is 4.98 Å². The van der Waals surface area contributed by atoms with Crippen LogP contribution < -0.4 is 0 Å². The molecule has 0 amide bonds. The van der Waals surface area contributed by atoms with Crippen molar-refractivity contribution < 1.29 is 52.7 Å². The lowest BCUT2D eigenvalue weighted by molar-refractivity contribution is -0.144. The summed E-state index contributed by atoms with van der Waals surface area (Å²) < 4.78 is 171. The summed E-state index contributed by atoms with van der Waals surface area (Å²) in [4.78, 5) is 4.04. The number of aromatic nitrogens is 2. The van der Waals surface area contributed by atoms with Crippen LogP contribution in [0.1, 0.15) is 27.8 Å². The molecule has 0 bridgehead atoms. The van der Waals surface area contributed by atoms with Crippen LogP contribution in [0.3, 0.4) is 0 Å². The van der Waals surface area contributed by atoms with Gasteiger partial charge in [0.05, 0.1) is 50.6 Å². The van der Waals surface area contributed by atoms with Gasteiger partial charge in [0.15, 0.2) is 0 Å². The van der Waals surface area contributed by atoms with Gasteiger partial charge in [-0.15, -0.1) is 0 Å². The fourth-order valence-electron chi connectivity index (χ4n) is 7.51. The number of rotatable bonds is 5. The smallest absolute Gasteiger partial charge is 0.309 e. The first kappa shape index (κ1) is 40.7. The molecule has 0 aliphatic rings. The second kappa shape index (κ2) is 14.6. The summed E-state index contributed by atoms with van der Waals surface area (Å²) in [5.74, 6) is 0. The number of hydrogen-bond donors (Lipinski definition) is 0. The molecule has 8 aromatic rings. The van der Waals surface area contributed by atoms with Gasteiger partial charge in [-0.1, -0.05) is 66.7 Å². The van der Waals surface area contributed by atoms with Crippen LogP contribution >= 0.6 is 0 Å². The van der Waals surface area contributed by atoms with Gasteiger partial charge in [0.1, 0.15) is 0 Å². The van der Waals surface area contributed by atoms with E-state index in [9.17, 15) is 57.9 Å². The molecule has 0 fully saturated rings. The Morgan fingerprint density at radius 3 is 1.34 bits per heavy atom. The van der Waals surface area contributed by atoms with Gasteiger partial charge < -0.3 is 4.57 Å². The number of hydrogen-bond acceptors (Lipinski definition) is 2. The minimum absolute atomic E-state index is 0.0127. The minimum Gasteiger partial charge on any atom is -0.309 e. The minimum atomic E-state index is -5.24. The first-order valence-corrected chi connectivity index (χ1v) is 17.9. The highest BCUT2D eigenvalue weighted by atomic mass is 19.4. The fourth-order valence-corrected chi connectivity index (χ4v) is 7.51. The Balaban J connectivity index is 1.51. The van der Waals surface area contributed by atoms with Gasteiger partial charge in [-0.2, -0.15) is 57.9 Å². The van der Waals surface area contributed by atoms with E-state index in [-0.39, 0.29) is 45.5 Å². The van der Waals surface area contributed by atoms with E-state index in [2.05, 4.69) is 11.1 Å². The summed E-state index contributed by atoms with van der Waals surface area (Å²) in [6.07, 6.45) is -17.7. The molecule has 0 radical (unpaired) electrons. The van der Waals surface area contributed by atoms with Gasteiger partial charge in [0.2, 0.25) is 0 Å². The summed E-state index contributed by atoms with van der Waals surface area (Å²) in [5, 5.41) is 11.1. The zero-order valence-electron chi connectivity index (χ0n) is 30.7. The molecule has 0 spiro atoms. The number of benzene rings is 6. The van der Waals surface area contributed by atoms with Crippen molar-refractivity contribution in [2.24, 2.45) is 0 Å². The van der Waals surface area contributed by atoms with E-state index >= 15 is 0 Å². The molecule has 3 nitrogen and oxygen atoms in total. The lowest BCUT2D eigenvalue weighted by Crippen LogP contribution is -2.12. The summed E-state index contributed by atoms with van der Waals surface area (Å²) in [5.41, 5.74) is -5.12. The molecule has 8 rings (SSSR count). The Labute approximate surface area is 337 Å². The van der Waals surface area contributed by atoms with Crippen molar-refractivity contribution in [3.05, 3.63) is 168 Å². The molecule has 0 atom stereocenters. The lowest BCUT2D eigenvalue weighted by Gasteiger charge is -2.19. The number of nitrogens with zero attached hydrogens (tertiary/aromatic N) is 3. The van der Waals surface area contributed by atoms with Gasteiger partial charge >= 0.3 is 24.7 Å². The maximum Gasteiger partial charge on any atom is 0.417 e. The Kier molecular flexibility index (Phi) is 9.72. The molecular formula is C46H23F12N3. The van der Waals surface area contributed by atoms with Gasteiger partial charge in [0.25, 0.3) is 0 Å². The summed E-state index contributed by atoms with van der Waals surface area (Å²) in [7, 11) is 0. The van der Waals surface area contributed by atoms with Crippen molar-refractivity contribution in [2.45, 2.75) is 24.7 Å². The third kappa shape index (κ3) is 7.54. The van der Waals surface area contributed by atoms with E-state index in [4.69, 9.17) is 0 Å². The topological polar surface area (TPSA) is 41.6 Å². The number of alkyl halides is 12. The van der Waals surface area contributed by atoms with E-state index in [1.54, 1.807) is 59.2 Å². The molecule has 15 heteroatoms. The Morgan fingerprint density at radius 1 is 0.426 bits per heavy atom. The monoisotopic (exact) mass is 845 g/mol. The highest BCUT2D eigenvalue weighted by molar-refractivity contribution is 6.12. The Hall–Kier alpha value is -7.08. The van der Waals surface area contributed by atoms with Crippen molar-refractivity contribution in [2.75, 3.05) is 0 Å². The van der Waals surface area contributed by atoms with Crippen LogP contribution in [0, 0.1) is 11.3 Å². The standard InChI is InChI=1S/C46H23F12N3/c47-43(48,49)30-8-12-32(38(21-30)45(53,54)55)27-6-10-34-35-11-7-28(33-13-9-31(44(50,51)52)22-39(33)46(56,57)58)20-41(35)61(40(34)19-27)42-23-36(26-14-16-60-17-15-26)29(24-59)18-37(42)25-4-2-1-3-5-25/h1-23H. The Morgan fingerprint density at radius 2 is 0.902 bits per heavy atom. The SMILES string of the molecule is N#Cc1cc(-c2ccccc2)c(-n2c3cc(-c4ccc(C(F)(F)F)cc4C(F)(F)F)ccc3c3ccc(-c4ccc(C(F)(F)F)cc4C(F)(F)F)cc32)cc1-c1ccncc1. The second-order valence-corrected chi connectivity index (χ2v) is 13.9. The number of fused-ring (bicyclic) bond motifs is 3. The lowest BCUT2D eigenvalue weighted by atomic mass is 9.93. The summed E-state index contributed by atoms with van der Waals surface area (Å²) in [6, 6.07) is 27.7. The molecule has 2 aromatic heterocycles. The molecule has 0 aliphatic heterocycles. The van der Waals surface area contributed by atoms with E-state index in [1.165, 1.54) is 48.8 Å². The van der Waals surface area contributed by atoms with Crippen LogP contribution in [0.4, 0.5) is 52.7 Å². The molecule has 61 heavy (non-hydrogen) atoms. The van der Waals surface area contributed by atoms with Crippen LogP contribution in [-0.2, 0) is 24.7 Å². The molecule has 0 aliphatic carbocycles. The quantitative estimate of drug-likeness (QED) is 0.162. The first-order chi connectivity index (χ1) is 28.7. The van der Waals surface area contributed by atoms with Crippen LogP contribution in [0.5, 0.6) is 0 Å². The number of halogens is 12.